The highest BCUT2D eigenvalue weighted by Gasteiger charge is 2.32. The molecule has 1 unspecified atom stereocenters. The summed E-state index contributed by atoms with van der Waals surface area (Å²) in [5.41, 5.74) is 1.88. The lowest BCUT2D eigenvalue weighted by molar-refractivity contribution is 0.163. The Balaban J connectivity index is 1.73. The molecule has 0 bridgehead atoms. The van der Waals surface area contributed by atoms with Gasteiger partial charge in [-0.1, -0.05) is 36.0 Å². The van der Waals surface area contributed by atoms with Crippen LogP contribution in [-0.4, -0.2) is 33.6 Å². The lowest BCUT2D eigenvalue weighted by atomic mass is 9.92. The second-order valence-corrected chi connectivity index (χ2v) is 10.4. The largest absolute Gasteiger partial charge is 0.326 e. The van der Waals surface area contributed by atoms with E-state index in [1.165, 1.54) is 23.9 Å². The van der Waals surface area contributed by atoms with Crippen molar-refractivity contribution in [3.05, 3.63) is 39.1 Å². The number of anilines is 1. The van der Waals surface area contributed by atoms with Gasteiger partial charge in [0.05, 0.1) is 32.0 Å². The minimum absolute atomic E-state index is 0.00487. The first-order valence-corrected chi connectivity index (χ1v) is 12.7. The summed E-state index contributed by atoms with van der Waals surface area (Å²) in [6.07, 6.45) is 6.57. The van der Waals surface area contributed by atoms with Gasteiger partial charge in [-0.2, -0.15) is 13.9 Å². The molecule has 3 rings (SSSR count). The van der Waals surface area contributed by atoms with Gasteiger partial charge < -0.3 is 5.32 Å². The Kier molecular flexibility index (Phi) is 8.95. The number of aromatic nitrogens is 2. The van der Waals surface area contributed by atoms with Gasteiger partial charge in [-0.05, 0) is 76.2 Å². The molecule has 178 valence electrons. The number of rotatable bonds is 9. The lowest BCUT2D eigenvalue weighted by Crippen LogP contribution is -2.32. The summed E-state index contributed by atoms with van der Waals surface area (Å²) < 4.78 is 43.2. The van der Waals surface area contributed by atoms with Crippen LogP contribution in [0.4, 0.5) is 14.5 Å². The molecular formula is C22H30Cl2F2N4OS. The molecule has 1 fully saturated rings. The van der Waals surface area contributed by atoms with Crippen LogP contribution in [0.1, 0.15) is 49.1 Å². The highest BCUT2D eigenvalue weighted by atomic mass is 35.5. The number of hydrogen-bond donors (Lipinski definition) is 1. The Morgan fingerprint density at radius 3 is 2.38 bits per heavy atom. The van der Waals surface area contributed by atoms with Gasteiger partial charge in [0.1, 0.15) is 0 Å². The fraction of sp³-hybridized carbons (Fsp3) is 0.591. The van der Waals surface area contributed by atoms with E-state index in [1.807, 2.05) is 0 Å². The number of aryl methyl sites for hydroxylation is 3. The van der Waals surface area contributed by atoms with E-state index in [0.29, 0.717) is 15.7 Å². The van der Waals surface area contributed by atoms with Crippen molar-refractivity contribution in [1.29, 1.82) is 0 Å². The van der Waals surface area contributed by atoms with Gasteiger partial charge in [0.2, 0.25) is 0 Å². The van der Waals surface area contributed by atoms with Crippen molar-refractivity contribution in [3.8, 4) is 0 Å². The van der Waals surface area contributed by atoms with Crippen LogP contribution < -0.4 is 9.62 Å². The summed E-state index contributed by atoms with van der Waals surface area (Å²) in [4.78, 5) is -0.00487. The monoisotopic (exact) mass is 506 g/mol. The van der Waals surface area contributed by atoms with Gasteiger partial charge in [0.15, 0.2) is 11.0 Å². The van der Waals surface area contributed by atoms with Gasteiger partial charge in [0, 0.05) is 7.05 Å². The third-order valence-electron chi connectivity index (χ3n) is 6.07. The van der Waals surface area contributed by atoms with Crippen LogP contribution >= 0.6 is 23.2 Å². The molecule has 0 radical (unpaired) electrons. The van der Waals surface area contributed by atoms with Crippen molar-refractivity contribution in [2.75, 3.05) is 17.4 Å². The minimum Gasteiger partial charge on any atom is -0.317 e. The van der Waals surface area contributed by atoms with E-state index in [2.05, 4.69) is 10.4 Å². The van der Waals surface area contributed by atoms with Crippen molar-refractivity contribution in [1.82, 2.24) is 15.1 Å². The average Bonchev–Trinajstić information content (AvgIpc) is 2.98. The van der Waals surface area contributed by atoms with Gasteiger partial charge in [-0.15, -0.1) is 0 Å². The number of hydrogen-bond acceptors (Lipinski definition) is 3. The highest BCUT2D eigenvalue weighted by molar-refractivity contribution is 7.86. The number of halogens is 4. The summed E-state index contributed by atoms with van der Waals surface area (Å²) >= 11 is 12.8. The van der Waals surface area contributed by atoms with Crippen molar-refractivity contribution in [2.24, 2.45) is 13.0 Å². The maximum atomic E-state index is 14.0. The summed E-state index contributed by atoms with van der Waals surface area (Å²) in [5, 5.41) is 7.81. The smallest absolute Gasteiger partial charge is 0.317 e. The van der Waals surface area contributed by atoms with Crippen LogP contribution in [-0.2, 0) is 24.5 Å². The molecule has 1 N–H and O–H groups in total. The van der Waals surface area contributed by atoms with Gasteiger partial charge in [-0.3, -0.25) is 4.68 Å². The first-order chi connectivity index (χ1) is 15.2. The Morgan fingerprint density at radius 1 is 1.22 bits per heavy atom. The molecule has 0 saturated carbocycles. The number of unbranched alkanes of at least 4 members (excludes halogenated alkanes) is 1. The summed E-state index contributed by atoms with van der Waals surface area (Å²) in [5.74, 6) is 0.785. The fourth-order valence-electron chi connectivity index (χ4n) is 4.29. The molecule has 1 aliphatic rings. The van der Waals surface area contributed by atoms with Crippen LogP contribution in [0.25, 0.3) is 0 Å². The molecule has 1 aromatic carbocycles. The molecule has 2 heterocycles. The van der Waals surface area contributed by atoms with Crippen molar-refractivity contribution in [2.45, 2.75) is 63.8 Å². The Bertz CT molecular complexity index is 941. The van der Waals surface area contributed by atoms with Crippen LogP contribution in [0, 0.1) is 19.8 Å². The molecule has 0 aliphatic carbocycles. The molecule has 1 atom stereocenters. The fourth-order valence-corrected chi connectivity index (χ4v) is 6.44. The molecule has 1 saturated heterocycles. The predicted molar refractivity (Wildman–Crippen MR) is 127 cm³/mol. The molecule has 2 aromatic rings. The zero-order chi connectivity index (χ0) is 23.4. The summed E-state index contributed by atoms with van der Waals surface area (Å²) in [6, 6.07) is 3.38. The number of benzene rings is 1. The molecule has 5 nitrogen and oxygen atoms in total. The van der Waals surface area contributed by atoms with E-state index in [9.17, 15) is 13.0 Å². The highest BCUT2D eigenvalue weighted by Crippen LogP contribution is 2.36. The normalized spacial score (nSPS) is 16.0. The van der Waals surface area contributed by atoms with Gasteiger partial charge in [0.25, 0.3) is 0 Å². The minimum atomic E-state index is -3.01. The first kappa shape index (κ1) is 25.4. The predicted octanol–water partition coefficient (Wildman–Crippen LogP) is 5.81. The Morgan fingerprint density at radius 2 is 1.84 bits per heavy atom. The zero-order valence-electron chi connectivity index (χ0n) is 18.6. The van der Waals surface area contributed by atoms with Crippen LogP contribution in [0.3, 0.4) is 0 Å². The quantitative estimate of drug-likeness (QED) is 0.345. The van der Waals surface area contributed by atoms with E-state index in [4.69, 9.17) is 23.2 Å². The average molecular weight is 507 g/mol. The van der Waals surface area contributed by atoms with Crippen LogP contribution in [0.2, 0.25) is 10.0 Å². The molecule has 1 aliphatic heterocycles. The van der Waals surface area contributed by atoms with E-state index >= 15 is 0 Å². The lowest BCUT2D eigenvalue weighted by Gasteiger charge is -2.24. The van der Waals surface area contributed by atoms with E-state index in [0.717, 1.165) is 43.8 Å². The first-order valence-electron chi connectivity index (χ1n) is 10.9. The third-order valence-corrected chi connectivity index (χ3v) is 8.37. The summed E-state index contributed by atoms with van der Waals surface area (Å²) in [7, 11) is -0.640. The standard InChI is InChI=1S/C22H30Cl2F2N4OS/c1-14-20(15(2)29(3)28-14)30(22(25)26)32(31)21-18(23)12-17(13-19(21)24)7-5-4-6-16-8-10-27-11-9-16/h12-13,16,22,27H,4-11H2,1-3H3. The van der Waals surface area contributed by atoms with Crippen molar-refractivity contribution < 1.29 is 13.0 Å². The number of nitrogens with zero attached hydrogens (tertiary/aromatic N) is 3. The molecule has 0 spiro atoms. The van der Waals surface area contributed by atoms with Crippen LogP contribution in [0.5, 0.6) is 0 Å². The topological polar surface area (TPSA) is 50.2 Å². The molecule has 32 heavy (non-hydrogen) atoms. The molecule has 10 heteroatoms. The molecular weight excluding hydrogens is 477 g/mol. The number of alkyl halides is 2. The zero-order valence-corrected chi connectivity index (χ0v) is 21.0. The van der Waals surface area contributed by atoms with Crippen molar-refractivity contribution >= 4 is 39.9 Å². The maximum absolute atomic E-state index is 14.0. The number of piperidine rings is 1. The maximum Gasteiger partial charge on any atom is 0.326 e. The molecule has 1 aromatic heterocycles. The SMILES string of the molecule is Cc1nn(C)c(C)c1N(C(F)F)S(=O)c1c(Cl)cc(CCCCC2CCNCC2)cc1Cl. The Hall–Kier alpha value is -1.22. The second-order valence-electron chi connectivity index (χ2n) is 8.32. The van der Waals surface area contributed by atoms with E-state index in [1.54, 1.807) is 33.0 Å². The van der Waals surface area contributed by atoms with E-state index < -0.39 is 17.5 Å². The summed E-state index contributed by atoms with van der Waals surface area (Å²) in [6.45, 7) is 2.44. The van der Waals surface area contributed by atoms with Crippen molar-refractivity contribution in [3.63, 3.8) is 0 Å². The number of nitrogens with one attached hydrogen (secondary N) is 1. The van der Waals surface area contributed by atoms with Crippen LogP contribution in [0.15, 0.2) is 17.0 Å². The third kappa shape index (κ3) is 5.82. The second kappa shape index (κ2) is 11.3. The van der Waals surface area contributed by atoms with E-state index in [-0.39, 0.29) is 20.6 Å². The Labute approximate surface area is 201 Å². The molecule has 0 amide bonds. The van der Waals surface area contributed by atoms with Gasteiger partial charge >= 0.3 is 6.55 Å². The van der Waals surface area contributed by atoms with Gasteiger partial charge in [-0.25, -0.2) is 8.51 Å².